The molecule has 1 heterocycles. The second kappa shape index (κ2) is 11.4. The first-order valence-corrected chi connectivity index (χ1v) is 11.1. The number of rotatable bonds is 9. The summed E-state index contributed by atoms with van der Waals surface area (Å²) in [6, 6.07) is 15.1. The molecular formula is C24H31ClN2O4. The first-order valence-electron chi connectivity index (χ1n) is 10.7. The first-order chi connectivity index (χ1) is 14.9. The zero-order chi connectivity index (χ0) is 22.1. The Hall–Kier alpha value is -2.28. The monoisotopic (exact) mass is 446 g/mol. The number of halogens is 1. The van der Waals surface area contributed by atoms with E-state index >= 15 is 0 Å². The van der Waals surface area contributed by atoms with E-state index < -0.39 is 5.60 Å². The lowest BCUT2D eigenvalue weighted by atomic mass is 9.96. The summed E-state index contributed by atoms with van der Waals surface area (Å²) in [5.74, 6) is 1.34. The predicted molar refractivity (Wildman–Crippen MR) is 122 cm³/mol. The molecule has 0 bridgehead atoms. The number of aliphatic hydroxyl groups is 1. The van der Waals surface area contributed by atoms with E-state index in [1.54, 1.807) is 6.07 Å². The molecule has 2 aromatic rings. The van der Waals surface area contributed by atoms with Gasteiger partial charge in [0.2, 0.25) is 5.91 Å². The highest BCUT2D eigenvalue weighted by Crippen LogP contribution is 2.28. The summed E-state index contributed by atoms with van der Waals surface area (Å²) in [4.78, 5) is 14.3. The molecule has 0 unspecified atom stereocenters. The molecule has 1 aliphatic heterocycles. The highest BCUT2D eigenvalue weighted by molar-refractivity contribution is 6.32. The SMILES string of the molecule is Cc1ccc(Cl)c(OC[C@]2(O)CCCN(CC(=O)NCCOc3ccccc3)CC2)c1. The average Bonchev–Trinajstić information content (AvgIpc) is 2.94. The number of benzene rings is 2. The van der Waals surface area contributed by atoms with Gasteiger partial charge in [-0.1, -0.05) is 35.9 Å². The minimum Gasteiger partial charge on any atom is -0.492 e. The van der Waals surface area contributed by atoms with E-state index in [9.17, 15) is 9.90 Å². The van der Waals surface area contributed by atoms with Crippen LogP contribution < -0.4 is 14.8 Å². The second-order valence-electron chi connectivity index (χ2n) is 8.09. The summed E-state index contributed by atoms with van der Waals surface area (Å²) in [6.45, 7) is 4.75. The van der Waals surface area contributed by atoms with Crippen LogP contribution in [0, 0.1) is 6.92 Å². The van der Waals surface area contributed by atoms with Crippen molar-refractivity contribution in [3.63, 3.8) is 0 Å². The Labute approximate surface area is 189 Å². The maximum absolute atomic E-state index is 12.3. The molecule has 168 valence electrons. The lowest BCUT2D eigenvalue weighted by molar-refractivity contribution is -0.122. The van der Waals surface area contributed by atoms with Crippen LogP contribution in [0.3, 0.4) is 0 Å². The van der Waals surface area contributed by atoms with E-state index in [1.165, 1.54) is 0 Å². The van der Waals surface area contributed by atoms with Gasteiger partial charge in [0.1, 0.15) is 24.7 Å². The number of carbonyl (C=O) groups is 1. The highest BCUT2D eigenvalue weighted by Gasteiger charge is 2.31. The van der Waals surface area contributed by atoms with Crippen molar-refractivity contribution in [3.05, 3.63) is 59.1 Å². The summed E-state index contributed by atoms with van der Waals surface area (Å²) in [7, 11) is 0. The summed E-state index contributed by atoms with van der Waals surface area (Å²) >= 11 is 6.19. The van der Waals surface area contributed by atoms with Crippen molar-refractivity contribution in [2.24, 2.45) is 0 Å². The van der Waals surface area contributed by atoms with Crippen molar-refractivity contribution in [1.29, 1.82) is 0 Å². The Bertz CT molecular complexity index is 849. The van der Waals surface area contributed by atoms with Gasteiger partial charge in [0.15, 0.2) is 0 Å². The number of para-hydroxylation sites is 1. The molecule has 2 N–H and O–H groups in total. The van der Waals surface area contributed by atoms with E-state index in [1.807, 2.05) is 49.4 Å². The Morgan fingerprint density at radius 1 is 1.16 bits per heavy atom. The summed E-state index contributed by atoms with van der Waals surface area (Å²) in [5, 5.41) is 14.4. The van der Waals surface area contributed by atoms with Crippen molar-refractivity contribution in [2.45, 2.75) is 31.8 Å². The number of hydrogen-bond acceptors (Lipinski definition) is 5. The molecule has 0 saturated carbocycles. The quantitative estimate of drug-likeness (QED) is 0.577. The largest absolute Gasteiger partial charge is 0.492 e. The molecule has 1 aliphatic rings. The minimum absolute atomic E-state index is 0.0371. The molecule has 31 heavy (non-hydrogen) atoms. The highest BCUT2D eigenvalue weighted by atomic mass is 35.5. The van der Waals surface area contributed by atoms with Crippen molar-refractivity contribution >= 4 is 17.5 Å². The zero-order valence-corrected chi connectivity index (χ0v) is 18.7. The molecule has 2 aromatic carbocycles. The molecule has 0 aliphatic carbocycles. The molecular weight excluding hydrogens is 416 g/mol. The molecule has 1 atom stereocenters. The van der Waals surface area contributed by atoms with E-state index in [-0.39, 0.29) is 12.5 Å². The van der Waals surface area contributed by atoms with Gasteiger partial charge in [-0.15, -0.1) is 0 Å². The van der Waals surface area contributed by atoms with Crippen molar-refractivity contribution < 1.29 is 19.4 Å². The van der Waals surface area contributed by atoms with Crippen molar-refractivity contribution in [2.75, 3.05) is 39.4 Å². The second-order valence-corrected chi connectivity index (χ2v) is 8.50. The Balaban J connectivity index is 1.38. The summed E-state index contributed by atoms with van der Waals surface area (Å²) in [6.07, 6.45) is 1.96. The van der Waals surface area contributed by atoms with E-state index in [0.29, 0.717) is 49.9 Å². The summed E-state index contributed by atoms with van der Waals surface area (Å²) < 4.78 is 11.4. The fourth-order valence-corrected chi connectivity index (χ4v) is 3.78. The molecule has 1 saturated heterocycles. The fraction of sp³-hybridized carbons (Fsp3) is 0.458. The number of amides is 1. The maximum Gasteiger partial charge on any atom is 0.234 e. The third-order valence-electron chi connectivity index (χ3n) is 5.40. The molecule has 0 aromatic heterocycles. The number of nitrogens with one attached hydrogen (secondary N) is 1. The number of carbonyl (C=O) groups excluding carboxylic acids is 1. The molecule has 0 spiro atoms. The smallest absolute Gasteiger partial charge is 0.234 e. The van der Waals surface area contributed by atoms with Crippen LogP contribution in [0.5, 0.6) is 11.5 Å². The third kappa shape index (κ3) is 7.73. The van der Waals surface area contributed by atoms with Crippen LogP contribution in [-0.4, -0.2) is 60.9 Å². The van der Waals surface area contributed by atoms with Crippen molar-refractivity contribution in [3.8, 4) is 11.5 Å². The Kier molecular flexibility index (Phi) is 8.58. The minimum atomic E-state index is -0.929. The molecule has 1 amide bonds. The van der Waals surface area contributed by atoms with Gasteiger partial charge in [-0.3, -0.25) is 9.69 Å². The van der Waals surface area contributed by atoms with Crippen LogP contribution in [0.4, 0.5) is 0 Å². The van der Waals surface area contributed by atoms with E-state index in [0.717, 1.165) is 24.3 Å². The van der Waals surface area contributed by atoms with Gasteiger partial charge in [-0.25, -0.2) is 0 Å². The van der Waals surface area contributed by atoms with Gasteiger partial charge in [0.05, 0.1) is 23.7 Å². The molecule has 1 fully saturated rings. The standard InChI is InChI=1S/C24H31ClN2O4/c1-19-8-9-21(25)22(16-19)31-18-24(29)10-5-13-27(14-11-24)17-23(28)26-12-15-30-20-6-3-2-4-7-20/h2-4,6-9,16,29H,5,10-15,17-18H2,1H3,(H,26,28)/t24-/m0/s1. The predicted octanol–water partition coefficient (Wildman–Crippen LogP) is 3.44. The molecule has 7 heteroatoms. The van der Waals surface area contributed by atoms with Crippen LogP contribution in [0.2, 0.25) is 5.02 Å². The Morgan fingerprint density at radius 2 is 1.97 bits per heavy atom. The van der Waals surface area contributed by atoms with E-state index in [2.05, 4.69) is 10.2 Å². The van der Waals surface area contributed by atoms with E-state index in [4.69, 9.17) is 21.1 Å². The van der Waals surface area contributed by atoms with Crippen LogP contribution in [0.25, 0.3) is 0 Å². The number of hydrogen-bond donors (Lipinski definition) is 2. The van der Waals surface area contributed by atoms with Gasteiger partial charge < -0.3 is 19.9 Å². The summed E-state index contributed by atoms with van der Waals surface area (Å²) in [5.41, 5.74) is 0.126. The Morgan fingerprint density at radius 3 is 2.77 bits per heavy atom. The van der Waals surface area contributed by atoms with Crippen LogP contribution in [0.15, 0.2) is 48.5 Å². The average molecular weight is 447 g/mol. The molecule has 0 radical (unpaired) electrons. The van der Waals surface area contributed by atoms with Gasteiger partial charge in [0, 0.05) is 6.54 Å². The number of aryl methyl sites for hydroxylation is 1. The van der Waals surface area contributed by atoms with Crippen LogP contribution in [-0.2, 0) is 4.79 Å². The van der Waals surface area contributed by atoms with Gasteiger partial charge in [-0.05, 0) is 62.6 Å². The molecule has 3 rings (SSSR count). The normalized spacial score (nSPS) is 19.5. The number of ether oxygens (including phenoxy) is 2. The fourth-order valence-electron chi connectivity index (χ4n) is 3.61. The van der Waals surface area contributed by atoms with Crippen LogP contribution >= 0.6 is 11.6 Å². The number of likely N-dealkylation sites (tertiary alicyclic amines) is 1. The van der Waals surface area contributed by atoms with Gasteiger partial charge in [-0.2, -0.15) is 0 Å². The lowest BCUT2D eigenvalue weighted by Crippen LogP contribution is -2.40. The topological polar surface area (TPSA) is 71.0 Å². The maximum atomic E-state index is 12.3. The molecule has 6 nitrogen and oxygen atoms in total. The van der Waals surface area contributed by atoms with Crippen molar-refractivity contribution in [1.82, 2.24) is 10.2 Å². The van der Waals surface area contributed by atoms with Gasteiger partial charge >= 0.3 is 0 Å². The lowest BCUT2D eigenvalue weighted by Gasteiger charge is -2.27. The number of nitrogens with zero attached hydrogens (tertiary/aromatic N) is 1. The third-order valence-corrected chi connectivity index (χ3v) is 5.71. The van der Waals surface area contributed by atoms with Gasteiger partial charge in [0.25, 0.3) is 0 Å². The van der Waals surface area contributed by atoms with Crippen LogP contribution in [0.1, 0.15) is 24.8 Å². The first kappa shape index (κ1) is 23.4. The zero-order valence-electron chi connectivity index (χ0n) is 18.0.